The molecule has 4 heteroatoms. The van der Waals surface area contributed by atoms with Crippen LogP contribution in [-0.4, -0.2) is 19.9 Å². The van der Waals surface area contributed by atoms with E-state index in [4.69, 9.17) is 4.98 Å². The van der Waals surface area contributed by atoms with Crippen molar-refractivity contribution in [2.24, 2.45) is 0 Å². The molecule has 0 radical (unpaired) electrons. The molecule has 1 unspecified atom stereocenters. The first-order chi connectivity index (χ1) is 13.4. The minimum absolute atomic E-state index is 0.332. The van der Waals surface area contributed by atoms with Crippen LogP contribution in [0, 0.1) is 0 Å². The number of H-pyrrole nitrogens is 1. The fourth-order valence-electron chi connectivity index (χ4n) is 3.52. The minimum Gasteiger partial charge on any atom is -0.348 e. The Morgan fingerprint density at radius 2 is 1.63 bits per heavy atom. The maximum atomic E-state index is 4.72. The number of nitrogens with zero attached hydrogens (tertiary/aromatic N) is 3. The Labute approximate surface area is 159 Å². The highest BCUT2D eigenvalue weighted by molar-refractivity contribution is 5.32. The Morgan fingerprint density at radius 1 is 0.778 bits per heavy atom. The van der Waals surface area contributed by atoms with Crippen molar-refractivity contribution in [1.29, 1.82) is 0 Å². The average molecular weight is 354 g/mol. The highest BCUT2D eigenvalue weighted by Gasteiger charge is 2.18. The van der Waals surface area contributed by atoms with Gasteiger partial charge in [0.25, 0.3) is 0 Å². The molecule has 1 aromatic carbocycles. The molecule has 1 atom stereocenters. The van der Waals surface area contributed by atoms with Crippen LogP contribution in [0.15, 0.2) is 85.7 Å². The van der Waals surface area contributed by atoms with E-state index in [0.717, 1.165) is 30.7 Å². The molecule has 0 aliphatic carbocycles. The third-order valence-corrected chi connectivity index (χ3v) is 4.83. The van der Waals surface area contributed by atoms with Gasteiger partial charge in [0.2, 0.25) is 0 Å². The van der Waals surface area contributed by atoms with Gasteiger partial charge in [0, 0.05) is 42.6 Å². The quantitative estimate of drug-likeness (QED) is 0.536. The number of hydrogen-bond donors (Lipinski definition) is 1. The molecule has 0 aliphatic heterocycles. The first-order valence-corrected chi connectivity index (χ1v) is 9.22. The number of imidazole rings is 1. The molecule has 0 aliphatic rings. The molecule has 1 N–H and O–H groups in total. The first kappa shape index (κ1) is 17.2. The summed E-state index contributed by atoms with van der Waals surface area (Å²) < 4.78 is 0. The summed E-state index contributed by atoms with van der Waals surface area (Å²) in [5.41, 5.74) is 6.14. The van der Waals surface area contributed by atoms with E-state index >= 15 is 0 Å². The minimum atomic E-state index is 0.332. The van der Waals surface area contributed by atoms with Gasteiger partial charge < -0.3 is 4.98 Å². The van der Waals surface area contributed by atoms with E-state index in [1.54, 1.807) is 6.33 Å². The summed E-state index contributed by atoms with van der Waals surface area (Å²) in [5.74, 6) is 0.332. The second kappa shape index (κ2) is 8.41. The fraction of sp³-hybridized carbons (Fsp3) is 0.174. The van der Waals surface area contributed by atoms with Gasteiger partial charge in [-0.05, 0) is 53.6 Å². The summed E-state index contributed by atoms with van der Waals surface area (Å²) in [7, 11) is 0. The molecule has 0 saturated heterocycles. The molecule has 0 amide bonds. The van der Waals surface area contributed by atoms with Gasteiger partial charge in [0.05, 0.1) is 6.33 Å². The maximum Gasteiger partial charge on any atom is 0.0921 e. The van der Waals surface area contributed by atoms with E-state index in [1.807, 2.05) is 30.9 Å². The molecule has 4 aromatic rings. The van der Waals surface area contributed by atoms with Gasteiger partial charge >= 0.3 is 0 Å². The van der Waals surface area contributed by atoms with Crippen molar-refractivity contribution >= 4 is 0 Å². The van der Waals surface area contributed by atoms with Crippen LogP contribution < -0.4 is 0 Å². The van der Waals surface area contributed by atoms with Crippen molar-refractivity contribution in [2.45, 2.75) is 25.2 Å². The molecule has 134 valence electrons. The number of nitrogens with one attached hydrogen (secondary N) is 1. The van der Waals surface area contributed by atoms with Crippen molar-refractivity contribution in [3.8, 4) is 0 Å². The van der Waals surface area contributed by atoms with Crippen LogP contribution in [-0.2, 0) is 19.3 Å². The summed E-state index contributed by atoms with van der Waals surface area (Å²) in [5, 5.41) is 0. The summed E-state index contributed by atoms with van der Waals surface area (Å²) in [6, 6.07) is 19.0. The standard InChI is InChI=1S/C23H22N4/c1-2-5-18(6-3-1)13-20(15-21-16-25-17-27-21)22-7-4-10-26-23(22)14-19-8-11-24-12-9-19/h1-12,16-17,20H,13-15H2,(H,25,27). The van der Waals surface area contributed by atoms with Gasteiger partial charge in [-0.25, -0.2) is 4.98 Å². The number of aromatic nitrogens is 4. The van der Waals surface area contributed by atoms with Crippen molar-refractivity contribution in [3.05, 3.63) is 114 Å². The van der Waals surface area contributed by atoms with E-state index in [2.05, 4.69) is 63.5 Å². The summed E-state index contributed by atoms with van der Waals surface area (Å²) in [6.45, 7) is 0. The lowest BCUT2D eigenvalue weighted by Crippen LogP contribution is -2.11. The van der Waals surface area contributed by atoms with Gasteiger partial charge in [0.15, 0.2) is 0 Å². The summed E-state index contributed by atoms with van der Waals surface area (Å²) in [6.07, 6.45) is 11.9. The summed E-state index contributed by atoms with van der Waals surface area (Å²) >= 11 is 0. The Morgan fingerprint density at radius 3 is 2.41 bits per heavy atom. The normalized spacial score (nSPS) is 12.0. The molecular weight excluding hydrogens is 332 g/mol. The number of aromatic amines is 1. The van der Waals surface area contributed by atoms with Gasteiger partial charge in [0.1, 0.15) is 0 Å². The zero-order valence-corrected chi connectivity index (χ0v) is 15.1. The lowest BCUT2D eigenvalue weighted by atomic mass is 9.86. The highest BCUT2D eigenvalue weighted by atomic mass is 14.9. The van der Waals surface area contributed by atoms with Crippen LogP contribution >= 0.6 is 0 Å². The van der Waals surface area contributed by atoms with Crippen LogP contribution in [0.5, 0.6) is 0 Å². The molecule has 4 nitrogen and oxygen atoms in total. The molecule has 0 spiro atoms. The molecular formula is C23H22N4. The van der Waals surface area contributed by atoms with Crippen molar-refractivity contribution < 1.29 is 0 Å². The monoisotopic (exact) mass is 354 g/mol. The lowest BCUT2D eigenvalue weighted by Gasteiger charge is -2.20. The topological polar surface area (TPSA) is 54.5 Å². The summed E-state index contributed by atoms with van der Waals surface area (Å²) in [4.78, 5) is 16.3. The molecule has 0 bridgehead atoms. The maximum absolute atomic E-state index is 4.72. The van der Waals surface area contributed by atoms with Crippen LogP contribution in [0.25, 0.3) is 0 Å². The van der Waals surface area contributed by atoms with E-state index in [0.29, 0.717) is 5.92 Å². The van der Waals surface area contributed by atoms with Gasteiger partial charge in [-0.1, -0.05) is 36.4 Å². The molecule has 0 saturated carbocycles. The van der Waals surface area contributed by atoms with Gasteiger partial charge in [-0.2, -0.15) is 0 Å². The van der Waals surface area contributed by atoms with Crippen molar-refractivity contribution in [1.82, 2.24) is 19.9 Å². The van der Waals surface area contributed by atoms with Gasteiger partial charge in [-0.15, -0.1) is 0 Å². The Hall–Kier alpha value is -3.27. The SMILES string of the molecule is c1ccc(CC(Cc2cnc[nH]2)c2cccnc2Cc2ccncc2)cc1. The van der Waals surface area contributed by atoms with Crippen molar-refractivity contribution in [2.75, 3.05) is 0 Å². The van der Waals surface area contributed by atoms with Crippen LogP contribution in [0.3, 0.4) is 0 Å². The van der Waals surface area contributed by atoms with E-state index < -0.39 is 0 Å². The molecule has 3 aromatic heterocycles. The highest BCUT2D eigenvalue weighted by Crippen LogP contribution is 2.28. The molecule has 3 heterocycles. The van der Waals surface area contributed by atoms with Crippen LogP contribution in [0.1, 0.15) is 34.0 Å². The number of hydrogen-bond acceptors (Lipinski definition) is 3. The van der Waals surface area contributed by atoms with Crippen LogP contribution in [0.4, 0.5) is 0 Å². The Kier molecular flexibility index (Phi) is 5.34. The third-order valence-electron chi connectivity index (χ3n) is 4.83. The predicted octanol–water partition coefficient (Wildman–Crippen LogP) is 4.36. The lowest BCUT2D eigenvalue weighted by molar-refractivity contribution is 0.659. The number of pyridine rings is 2. The van der Waals surface area contributed by atoms with E-state index in [9.17, 15) is 0 Å². The first-order valence-electron chi connectivity index (χ1n) is 9.22. The largest absolute Gasteiger partial charge is 0.348 e. The second-order valence-corrected chi connectivity index (χ2v) is 6.74. The Bertz CT molecular complexity index is 950. The number of rotatable bonds is 7. The molecule has 27 heavy (non-hydrogen) atoms. The number of benzene rings is 1. The zero-order valence-electron chi connectivity index (χ0n) is 15.1. The van der Waals surface area contributed by atoms with E-state index in [-0.39, 0.29) is 0 Å². The van der Waals surface area contributed by atoms with Gasteiger partial charge in [-0.3, -0.25) is 9.97 Å². The second-order valence-electron chi connectivity index (χ2n) is 6.74. The molecule has 4 rings (SSSR count). The fourth-order valence-corrected chi connectivity index (χ4v) is 3.52. The average Bonchev–Trinajstić information content (AvgIpc) is 3.23. The molecule has 0 fully saturated rings. The Balaban J connectivity index is 1.66. The predicted molar refractivity (Wildman–Crippen MR) is 106 cm³/mol. The smallest absolute Gasteiger partial charge is 0.0921 e. The zero-order chi connectivity index (χ0) is 18.3. The van der Waals surface area contributed by atoms with E-state index in [1.165, 1.54) is 16.7 Å². The van der Waals surface area contributed by atoms with Crippen LogP contribution in [0.2, 0.25) is 0 Å². The van der Waals surface area contributed by atoms with Crippen molar-refractivity contribution in [3.63, 3.8) is 0 Å². The third kappa shape index (κ3) is 4.47.